The number of hydrogen-bond donors (Lipinski definition) is 1. The van der Waals surface area contributed by atoms with E-state index >= 15 is 0 Å². The summed E-state index contributed by atoms with van der Waals surface area (Å²) in [5.74, 6) is 0.421. The summed E-state index contributed by atoms with van der Waals surface area (Å²) in [4.78, 5) is 0.411. The van der Waals surface area contributed by atoms with Gasteiger partial charge in [-0.25, -0.2) is 13.1 Å². The van der Waals surface area contributed by atoms with E-state index < -0.39 is 10.0 Å². The number of hydrogen-bond acceptors (Lipinski definition) is 2. The second kappa shape index (κ2) is 6.27. The monoisotopic (exact) mass is 327 g/mol. The Labute approximate surface area is 132 Å². The number of halogens is 1. The zero-order valence-corrected chi connectivity index (χ0v) is 13.7. The van der Waals surface area contributed by atoms with Gasteiger partial charge in [-0.15, -0.1) is 11.6 Å². The quantitative estimate of drug-likeness (QED) is 0.863. The maximum atomic E-state index is 12.4. The maximum absolute atomic E-state index is 12.4. The van der Waals surface area contributed by atoms with Crippen LogP contribution in [0.4, 0.5) is 0 Å². The lowest BCUT2D eigenvalue weighted by Gasteiger charge is -2.25. The number of aryl methyl sites for hydroxylation is 2. The van der Waals surface area contributed by atoms with E-state index in [1.165, 1.54) is 11.1 Å². The lowest BCUT2D eigenvalue weighted by molar-refractivity contribution is 0.361. The Morgan fingerprint density at radius 2 is 1.81 bits per heavy atom. The zero-order chi connectivity index (χ0) is 14.9. The minimum atomic E-state index is -3.38. The van der Waals surface area contributed by atoms with Gasteiger partial charge >= 0.3 is 0 Å². The van der Waals surface area contributed by atoms with Gasteiger partial charge in [0.15, 0.2) is 0 Å². The molecule has 1 aromatic carbocycles. The SMILES string of the molecule is O=S(=O)(NCC1CCC(Cl)CC1)c1ccc2c(c1)CCC2. The number of benzene rings is 1. The number of nitrogens with one attached hydrogen (secondary N) is 1. The third-order valence-electron chi connectivity index (χ3n) is 4.72. The van der Waals surface area contributed by atoms with Crippen LogP contribution in [-0.2, 0) is 22.9 Å². The first-order valence-corrected chi connectivity index (χ1v) is 9.72. The Bertz CT molecular complexity index is 607. The van der Waals surface area contributed by atoms with Crippen LogP contribution in [0.1, 0.15) is 43.2 Å². The molecule has 1 aromatic rings. The van der Waals surface area contributed by atoms with Crippen LogP contribution in [0.15, 0.2) is 23.1 Å². The molecule has 0 aromatic heterocycles. The van der Waals surface area contributed by atoms with Gasteiger partial charge in [0.1, 0.15) is 0 Å². The van der Waals surface area contributed by atoms with E-state index in [1.807, 2.05) is 12.1 Å². The fourth-order valence-electron chi connectivity index (χ4n) is 3.35. The molecular weight excluding hydrogens is 306 g/mol. The van der Waals surface area contributed by atoms with Crippen LogP contribution in [0, 0.1) is 5.92 Å². The number of fused-ring (bicyclic) bond motifs is 1. The first-order chi connectivity index (χ1) is 10.0. The molecule has 21 heavy (non-hydrogen) atoms. The molecule has 0 saturated heterocycles. The first kappa shape index (κ1) is 15.3. The van der Waals surface area contributed by atoms with E-state index in [1.54, 1.807) is 6.07 Å². The van der Waals surface area contributed by atoms with Gasteiger partial charge in [-0.2, -0.15) is 0 Å². The van der Waals surface area contributed by atoms with Crippen LogP contribution in [0.2, 0.25) is 0 Å². The summed E-state index contributed by atoms with van der Waals surface area (Å²) < 4.78 is 27.6. The van der Waals surface area contributed by atoms with Crippen molar-refractivity contribution in [1.29, 1.82) is 0 Å². The van der Waals surface area contributed by atoms with Gasteiger partial charge < -0.3 is 0 Å². The molecule has 0 unspecified atom stereocenters. The van der Waals surface area contributed by atoms with Crippen molar-refractivity contribution in [3.05, 3.63) is 29.3 Å². The maximum Gasteiger partial charge on any atom is 0.240 e. The van der Waals surface area contributed by atoms with Crippen molar-refractivity contribution in [3.63, 3.8) is 0 Å². The molecule has 3 rings (SSSR count). The van der Waals surface area contributed by atoms with Gasteiger partial charge in [0.25, 0.3) is 0 Å². The van der Waals surface area contributed by atoms with Crippen molar-refractivity contribution in [3.8, 4) is 0 Å². The van der Waals surface area contributed by atoms with E-state index in [2.05, 4.69) is 4.72 Å². The van der Waals surface area contributed by atoms with Crippen molar-refractivity contribution in [2.75, 3.05) is 6.54 Å². The predicted octanol–water partition coefficient (Wildman–Crippen LogP) is 3.25. The fourth-order valence-corrected chi connectivity index (χ4v) is 4.77. The third-order valence-corrected chi connectivity index (χ3v) is 6.58. The lowest BCUT2D eigenvalue weighted by atomic mass is 9.89. The van der Waals surface area contributed by atoms with Crippen LogP contribution >= 0.6 is 11.6 Å². The van der Waals surface area contributed by atoms with Crippen molar-refractivity contribution < 1.29 is 8.42 Å². The highest BCUT2D eigenvalue weighted by atomic mass is 35.5. The largest absolute Gasteiger partial charge is 0.240 e. The molecule has 0 spiro atoms. The molecule has 2 aliphatic rings. The predicted molar refractivity (Wildman–Crippen MR) is 85.3 cm³/mol. The Morgan fingerprint density at radius 1 is 1.10 bits per heavy atom. The molecular formula is C16H22ClNO2S. The third kappa shape index (κ3) is 3.61. The highest BCUT2D eigenvalue weighted by Crippen LogP contribution is 2.28. The topological polar surface area (TPSA) is 46.2 Å². The minimum absolute atomic E-state index is 0.273. The van der Waals surface area contributed by atoms with Crippen molar-refractivity contribution in [2.24, 2.45) is 5.92 Å². The Hall–Kier alpha value is -0.580. The molecule has 116 valence electrons. The smallest absolute Gasteiger partial charge is 0.211 e. The van der Waals surface area contributed by atoms with E-state index in [4.69, 9.17) is 11.6 Å². The summed E-state index contributed by atoms with van der Waals surface area (Å²) in [5, 5.41) is 0.273. The van der Waals surface area contributed by atoms with E-state index in [0.29, 0.717) is 17.4 Å². The average Bonchev–Trinajstić information content (AvgIpc) is 2.94. The van der Waals surface area contributed by atoms with Crippen LogP contribution in [0.5, 0.6) is 0 Å². The van der Waals surface area contributed by atoms with Crippen molar-refractivity contribution >= 4 is 21.6 Å². The highest BCUT2D eigenvalue weighted by Gasteiger charge is 2.23. The summed E-state index contributed by atoms with van der Waals surface area (Å²) in [6, 6.07) is 5.55. The average molecular weight is 328 g/mol. The van der Waals surface area contributed by atoms with Crippen LogP contribution in [-0.4, -0.2) is 20.3 Å². The van der Waals surface area contributed by atoms with Gasteiger partial charge in [0.05, 0.1) is 4.90 Å². The lowest BCUT2D eigenvalue weighted by Crippen LogP contribution is -2.31. The van der Waals surface area contributed by atoms with Crippen LogP contribution in [0.3, 0.4) is 0 Å². The fraction of sp³-hybridized carbons (Fsp3) is 0.625. The molecule has 1 fully saturated rings. The molecule has 0 aliphatic heterocycles. The summed E-state index contributed by atoms with van der Waals surface area (Å²) in [6.07, 6.45) is 7.22. The number of sulfonamides is 1. The Balaban J connectivity index is 1.64. The normalized spacial score (nSPS) is 25.8. The molecule has 0 heterocycles. The summed E-state index contributed by atoms with van der Waals surface area (Å²) in [5.41, 5.74) is 2.50. The number of rotatable bonds is 4. The Morgan fingerprint density at radius 3 is 2.57 bits per heavy atom. The van der Waals surface area contributed by atoms with Crippen molar-refractivity contribution in [2.45, 2.75) is 55.2 Å². The van der Waals surface area contributed by atoms with Gasteiger partial charge in [0, 0.05) is 11.9 Å². The minimum Gasteiger partial charge on any atom is -0.211 e. The zero-order valence-electron chi connectivity index (χ0n) is 12.1. The molecule has 0 atom stereocenters. The van der Waals surface area contributed by atoms with E-state index in [9.17, 15) is 8.42 Å². The van der Waals surface area contributed by atoms with Crippen LogP contribution < -0.4 is 4.72 Å². The van der Waals surface area contributed by atoms with Gasteiger partial charge in [0.2, 0.25) is 10.0 Å². The van der Waals surface area contributed by atoms with E-state index in [-0.39, 0.29) is 5.38 Å². The molecule has 2 aliphatic carbocycles. The molecule has 0 radical (unpaired) electrons. The second-order valence-corrected chi connectivity index (χ2v) is 8.64. The number of alkyl halides is 1. The van der Waals surface area contributed by atoms with Gasteiger partial charge in [-0.3, -0.25) is 0 Å². The molecule has 1 N–H and O–H groups in total. The van der Waals surface area contributed by atoms with Gasteiger partial charge in [-0.1, -0.05) is 6.07 Å². The van der Waals surface area contributed by atoms with Crippen LogP contribution in [0.25, 0.3) is 0 Å². The van der Waals surface area contributed by atoms with Crippen molar-refractivity contribution in [1.82, 2.24) is 4.72 Å². The highest BCUT2D eigenvalue weighted by molar-refractivity contribution is 7.89. The molecule has 5 heteroatoms. The molecule has 3 nitrogen and oxygen atoms in total. The molecule has 0 amide bonds. The Kier molecular flexibility index (Phi) is 4.57. The standard InChI is InChI=1S/C16H22ClNO2S/c17-15-7-4-12(5-8-15)11-18-21(19,20)16-9-6-13-2-1-3-14(13)10-16/h6,9-10,12,15,18H,1-5,7-8,11H2. The molecule has 1 saturated carbocycles. The summed E-state index contributed by atoms with van der Waals surface area (Å²) >= 11 is 6.08. The molecule has 0 bridgehead atoms. The van der Waals surface area contributed by atoms with Gasteiger partial charge in [-0.05, 0) is 74.1 Å². The second-order valence-electron chi connectivity index (χ2n) is 6.25. The first-order valence-electron chi connectivity index (χ1n) is 7.80. The van der Waals surface area contributed by atoms with E-state index in [0.717, 1.165) is 44.9 Å². The summed E-state index contributed by atoms with van der Waals surface area (Å²) in [6.45, 7) is 0.531. The summed E-state index contributed by atoms with van der Waals surface area (Å²) in [7, 11) is -3.38.